The molecular formula is C10H14F3N5O2S. The maximum absolute atomic E-state index is 12.7. The molecule has 1 aromatic heterocycles. The van der Waals surface area contributed by atoms with Crippen molar-refractivity contribution in [1.82, 2.24) is 19.7 Å². The molecule has 2 aliphatic rings. The number of alkyl halides is 3. The van der Waals surface area contributed by atoms with Crippen LogP contribution in [-0.4, -0.2) is 58.2 Å². The summed E-state index contributed by atoms with van der Waals surface area (Å²) in [5, 5.41) is 6.76. The van der Waals surface area contributed by atoms with Gasteiger partial charge in [-0.3, -0.25) is 4.90 Å². The standard InChI is InChI=1S/C10H14F3N5O2S/c11-10(12,13)9-16-15-8-3-17(1-2-18(8)9)7-5-21(19,20)4-6(7)14/h6-7H,1-5,14H2. The van der Waals surface area contributed by atoms with E-state index in [4.69, 9.17) is 5.73 Å². The minimum atomic E-state index is -4.54. The van der Waals surface area contributed by atoms with Crippen molar-refractivity contribution in [2.45, 2.75) is 31.3 Å². The fourth-order valence-electron chi connectivity index (χ4n) is 2.90. The van der Waals surface area contributed by atoms with Crippen molar-refractivity contribution >= 4 is 9.84 Å². The summed E-state index contributed by atoms with van der Waals surface area (Å²) in [5.74, 6) is -0.978. The molecule has 2 N–H and O–H groups in total. The van der Waals surface area contributed by atoms with Crippen LogP contribution in [0.3, 0.4) is 0 Å². The molecular weight excluding hydrogens is 311 g/mol. The number of nitrogens with two attached hydrogens (primary N) is 1. The van der Waals surface area contributed by atoms with E-state index in [2.05, 4.69) is 10.2 Å². The maximum Gasteiger partial charge on any atom is 0.451 e. The van der Waals surface area contributed by atoms with Crippen LogP contribution >= 0.6 is 0 Å². The molecule has 2 aliphatic heterocycles. The Morgan fingerprint density at radius 2 is 1.90 bits per heavy atom. The molecule has 2 atom stereocenters. The Balaban J connectivity index is 1.82. The first-order chi connectivity index (χ1) is 9.67. The second kappa shape index (κ2) is 4.65. The molecule has 0 saturated carbocycles. The van der Waals surface area contributed by atoms with Gasteiger partial charge >= 0.3 is 6.18 Å². The predicted octanol–water partition coefficient (Wildman–Crippen LogP) is -0.763. The zero-order valence-electron chi connectivity index (χ0n) is 10.9. The third kappa shape index (κ3) is 2.64. The van der Waals surface area contributed by atoms with E-state index in [9.17, 15) is 21.6 Å². The first kappa shape index (κ1) is 14.7. The average molecular weight is 325 g/mol. The van der Waals surface area contributed by atoms with Crippen LogP contribution in [0.4, 0.5) is 13.2 Å². The Bertz CT molecular complexity index is 656. The van der Waals surface area contributed by atoms with Gasteiger partial charge in [-0.25, -0.2) is 8.42 Å². The van der Waals surface area contributed by atoms with E-state index in [1.54, 1.807) is 4.90 Å². The molecule has 21 heavy (non-hydrogen) atoms. The third-order valence-electron chi connectivity index (χ3n) is 3.87. The summed E-state index contributed by atoms with van der Waals surface area (Å²) in [6, 6.07) is -0.902. The van der Waals surface area contributed by atoms with E-state index in [0.717, 1.165) is 4.57 Å². The van der Waals surface area contributed by atoms with E-state index < -0.39 is 27.9 Å². The van der Waals surface area contributed by atoms with Crippen molar-refractivity contribution in [3.63, 3.8) is 0 Å². The maximum atomic E-state index is 12.7. The van der Waals surface area contributed by atoms with Crippen LogP contribution in [0.5, 0.6) is 0 Å². The SMILES string of the molecule is NC1CS(=O)(=O)CC1N1CCn2c(nnc2C(F)(F)F)C1. The zero-order chi connectivity index (χ0) is 15.4. The topological polar surface area (TPSA) is 94.1 Å². The molecule has 7 nitrogen and oxygen atoms in total. The smallest absolute Gasteiger partial charge is 0.325 e. The number of hydrogen-bond donors (Lipinski definition) is 1. The van der Waals surface area contributed by atoms with Gasteiger partial charge in [0.05, 0.1) is 18.1 Å². The number of rotatable bonds is 1. The van der Waals surface area contributed by atoms with Crippen LogP contribution in [0.2, 0.25) is 0 Å². The average Bonchev–Trinajstić information content (AvgIpc) is 2.88. The molecule has 1 saturated heterocycles. The van der Waals surface area contributed by atoms with Gasteiger partial charge in [-0.05, 0) is 0 Å². The van der Waals surface area contributed by atoms with E-state index in [1.807, 2.05) is 0 Å². The monoisotopic (exact) mass is 325 g/mol. The molecule has 118 valence electrons. The fraction of sp³-hybridized carbons (Fsp3) is 0.800. The number of sulfone groups is 1. The van der Waals surface area contributed by atoms with Crippen LogP contribution in [-0.2, 0) is 29.1 Å². The van der Waals surface area contributed by atoms with Gasteiger partial charge in [0.2, 0.25) is 5.82 Å². The van der Waals surface area contributed by atoms with E-state index in [0.29, 0.717) is 6.54 Å². The minimum absolute atomic E-state index is 0.0611. The summed E-state index contributed by atoms with van der Waals surface area (Å²) < 4.78 is 62.4. The third-order valence-corrected chi connectivity index (χ3v) is 5.61. The molecule has 0 amide bonds. The van der Waals surface area contributed by atoms with Gasteiger partial charge in [0.15, 0.2) is 9.84 Å². The van der Waals surface area contributed by atoms with Gasteiger partial charge in [-0.1, -0.05) is 0 Å². The Labute approximate surface area is 118 Å². The van der Waals surface area contributed by atoms with E-state index in [1.165, 1.54) is 0 Å². The molecule has 1 fully saturated rings. The number of halogens is 3. The second-order valence-electron chi connectivity index (χ2n) is 5.37. The Morgan fingerprint density at radius 1 is 1.19 bits per heavy atom. The Kier molecular flexibility index (Phi) is 3.26. The lowest BCUT2D eigenvalue weighted by atomic mass is 10.1. The van der Waals surface area contributed by atoms with Gasteiger partial charge in [-0.2, -0.15) is 13.2 Å². The number of nitrogens with zero attached hydrogens (tertiary/aromatic N) is 4. The fourth-order valence-corrected chi connectivity index (χ4v) is 4.82. The molecule has 0 spiro atoms. The van der Waals surface area contributed by atoms with Gasteiger partial charge < -0.3 is 10.3 Å². The summed E-state index contributed by atoms with van der Waals surface area (Å²) in [7, 11) is -3.18. The highest BCUT2D eigenvalue weighted by Gasteiger charge is 2.43. The van der Waals surface area contributed by atoms with Crippen molar-refractivity contribution in [3.05, 3.63) is 11.6 Å². The van der Waals surface area contributed by atoms with Crippen LogP contribution in [0.25, 0.3) is 0 Å². The van der Waals surface area contributed by atoms with Crippen molar-refractivity contribution in [1.29, 1.82) is 0 Å². The van der Waals surface area contributed by atoms with Crippen molar-refractivity contribution in [2.24, 2.45) is 5.73 Å². The molecule has 0 radical (unpaired) electrons. The molecule has 3 rings (SSSR count). The normalized spacial score (nSPS) is 29.5. The van der Waals surface area contributed by atoms with Gasteiger partial charge in [-0.15, -0.1) is 10.2 Å². The summed E-state index contributed by atoms with van der Waals surface area (Å²) in [6.07, 6.45) is -4.54. The molecule has 11 heteroatoms. The summed E-state index contributed by atoms with van der Waals surface area (Å²) >= 11 is 0. The van der Waals surface area contributed by atoms with Crippen LogP contribution < -0.4 is 5.73 Å². The van der Waals surface area contributed by atoms with Crippen LogP contribution in [0.15, 0.2) is 0 Å². The van der Waals surface area contributed by atoms with Crippen LogP contribution in [0.1, 0.15) is 11.6 Å². The summed E-state index contributed by atoms with van der Waals surface area (Å²) in [6.45, 7) is 0.486. The highest BCUT2D eigenvalue weighted by atomic mass is 32.2. The largest absolute Gasteiger partial charge is 0.451 e. The van der Waals surface area contributed by atoms with Crippen LogP contribution in [0, 0.1) is 0 Å². The first-order valence-electron chi connectivity index (χ1n) is 6.37. The summed E-state index contributed by atoms with van der Waals surface area (Å²) in [4.78, 5) is 1.78. The van der Waals surface area contributed by atoms with E-state index in [-0.39, 0.29) is 36.5 Å². The van der Waals surface area contributed by atoms with E-state index >= 15 is 0 Å². The molecule has 0 aromatic carbocycles. The first-order valence-corrected chi connectivity index (χ1v) is 8.19. The zero-order valence-corrected chi connectivity index (χ0v) is 11.7. The van der Waals surface area contributed by atoms with Crippen molar-refractivity contribution in [3.8, 4) is 0 Å². The number of aromatic nitrogens is 3. The molecule has 0 aliphatic carbocycles. The van der Waals surface area contributed by atoms with Gasteiger partial charge in [0, 0.05) is 25.2 Å². The lowest BCUT2D eigenvalue weighted by Gasteiger charge is -2.33. The minimum Gasteiger partial charge on any atom is -0.325 e. The number of fused-ring (bicyclic) bond motifs is 1. The molecule has 0 bridgehead atoms. The second-order valence-corrected chi connectivity index (χ2v) is 7.52. The quantitative estimate of drug-likeness (QED) is 0.729. The lowest BCUT2D eigenvalue weighted by molar-refractivity contribution is -0.148. The highest BCUT2D eigenvalue weighted by Crippen LogP contribution is 2.30. The molecule has 1 aromatic rings. The predicted molar refractivity (Wildman–Crippen MR) is 65.9 cm³/mol. The van der Waals surface area contributed by atoms with Gasteiger partial charge in [0.1, 0.15) is 5.82 Å². The Morgan fingerprint density at radius 3 is 2.48 bits per heavy atom. The number of hydrogen-bond acceptors (Lipinski definition) is 6. The molecule has 3 heterocycles. The highest BCUT2D eigenvalue weighted by molar-refractivity contribution is 7.91. The van der Waals surface area contributed by atoms with Crippen molar-refractivity contribution < 1.29 is 21.6 Å². The lowest BCUT2D eigenvalue weighted by Crippen LogP contribution is -2.50. The Hall–Kier alpha value is -1.20. The summed E-state index contributed by atoms with van der Waals surface area (Å²) in [5.41, 5.74) is 5.84. The van der Waals surface area contributed by atoms with Crippen molar-refractivity contribution in [2.75, 3.05) is 18.1 Å². The van der Waals surface area contributed by atoms with Gasteiger partial charge in [0.25, 0.3) is 0 Å². The molecule has 2 unspecified atom stereocenters.